The number of hydrogen-bond acceptors (Lipinski definition) is 2. The van der Waals surface area contributed by atoms with Crippen LogP contribution in [-0.2, 0) is 6.54 Å². The molecule has 1 saturated heterocycles. The Labute approximate surface area is 104 Å². The van der Waals surface area contributed by atoms with E-state index in [1.54, 1.807) is 0 Å². The zero-order chi connectivity index (χ0) is 11.5. The van der Waals surface area contributed by atoms with Crippen LogP contribution in [0.3, 0.4) is 0 Å². The quantitative estimate of drug-likeness (QED) is 0.830. The molecule has 1 saturated carbocycles. The van der Waals surface area contributed by atoms with Crippen molar-refractivity contribution in [3.05, 3.63) is 35.4 Å². The van der Waals surface area contributed by atoms with E-state index in [-0.39, 0.29) is 0 Å². The highest BCUT2D eigenvalue weighted by atomic mass is 14.9. The van der Waals surface area contributed by atoms with E-state index in [1.165, 1.54) is 43.4 Å². The summed E-state index contributed by atoms with van der Waals surface area (Å²) < 4.78 is 0. The molecule has 1 atom stereocenters. The van der Waals surface area contributed by atoms with Gasteiger partial charge < -0.3 is 10.6 Å². The lowest BCUT2D eigenvalue weighted by molar-refractivity contribution is 0.461. The van der Waals surface area contributed by atoms with Crippen LogP contribution >= 0.6 is 0 Å². The van der Waals surface area contributed by atoms with Crippen LogP contribution in [0.5, 0.6) is 0 Å². The Balaban J connectivity index is 1.58. The van der Waals surface area contributed by atoms with Crippen LogP contribution in [0.4, 0.5) is 0 Å². The molecule has 17 heavy (non-hydrogen) atoms. The molecule has 0 aromatic heterocycles. The first-order chi connectivity index (χ1) is 8.42. The average Bonchev–Trinajstić information content (AvgIpc) is 3.22. The van der Waals surface area contributed by atoms with Gasteiger partial charge in [0.2, 0.25) is 0 Å². The molecule has 3 rings (SSSR count). The lowest BCUT2D eigenvalue weighted by Gasteiger charge is -2.23. The summed E-state index contributed by atoms with van der Waals surface area (Å²) >= 11 is 0. The normalized spacial score (nSPS) is 24.8. The molecule has 2 nitrogen and oxygen atoms in total. The second-order valence-corrected chi connectivity index (χ2v) is 5.44. The molecule has 2 heteroatoms. The molecule has 0 bridgehead atoms. The summed E-state index contributed by atoms with van der Waals surface area (Å²) in [7, 11) is 0. The Hall–Kier alpha value is -0.860. The Morgan fingerprint density at radius 1 is 1.12 bits per heavy atom. The van der Waals surface area contributed by atoms with Crippen LogP contribution in [0, 0.1) is 0 Å². The van der Waals surface area contributed by atoms with Crippen molar-refractivity contribution in [2.24, 2.45) is 0 Å². The Bertz CT molecular complexity index is 348. The molecular formula is C15H22N2. The average molecular weight is 230 g/mol. The maximum atomic E-state index is 3.56. The van der Waals surface area contributed by atoms with Crippen molar-refractivity contribution in [3.63, 3.8) is 0 Å². The van der Waals surface area contributed by atoms with E-state index in [0.29, 0.717) is 0 Å². The maximum Gasteiger partial charge on any atom is 0.0208 e. The highest BCUT2D eigenvalue weighted by molar-refractivity contribution is 5.26. The van der Waals surface area contributed by atoms with Crippen molar-refractivity contribution in [2.45, 2.75) is 44.2 Å². The van der Waals surface area contributed by atoms with Gasteiger partial charge in [0, 0.05) is 19.1 Å². The minimum absolute atomic E-state index is 0.731. The molecule has 2 aliphatic rings. The van der Waals surface area contributed by atoms with Gasteiger partial charge in [-0.05, 0) is 49.3 Å². The topological polar surface area (TPSA) is 24.1 Å². The Morgan fingerprint density at radius 2 is 1.94 bits per heavy atom. The first kappa shape index (κ1) is 11.2. The van der Waals surface area contributed by atoms with E-state index in [9.17, 15) is 0 Å². The van der Waals surface area contributed by atoms with E-state index in [1.807, 2.05) is 0 Å². The molecule has 2 N–H and O–H groups in total. The third-order valence-electron chi connectivity index (χ3n) is 3.92. The fourth-order valence-corrected chi connectivity index (χ4v) is 2.59. The zero-order valence-corrected chi connectivity index (χ0v) is 10.4. The van der Waals surface area contributed by atoms with Crippen LogP contribution in [0.25, 0.3) is 0 Å². The molecule has 0 spiro atoms. The summed E-state index contributed by atoms with van der Waals surface area (Å²) in [6.45, 7) is 3.38. The van der Waals surface area contributed by atoms with E-state index < -0.39 is 0 Å². The van der Waals surface area contributed by atoms with E-state index in [4.69, 9.17) is 0 Å². The van der Waals surface area contributed by atoms with Gasteiger partial charge in [-0.3, -0.25) is 0 Å². The van der Waals surface area contributed by atoms with Gasteiger partial charge in [-0.25, -0.2) is 0 Å². The summed E-state index contributed by atoms with van der Waals surface area (Å²) in [6.07, 6.45) is 5.39. The van der Waals surface area contributed by atoms with Gasteiger partial charge in [-0.1, -0.05) is 24.3 Å². The van der Waals surface area contributed by atoms with Crippen LogP contribution in [0.15, 0.2) is 24.3 Å². The molecule has 1 aromatic carbocycles. The molecule has 1 unspecified atom stereocenters. The van der Waals surface area contributed by atoms with Crippen molar-refractivity contribution < 1.29 is 0 Å². The van der Waals surface area contributed by atoms with Gasteiger partial charge in [-0.2, -0.15) is 0 Å². The van der Waals surface area contributed by atoms with E-state index >= 15 is 0 Å². The van der Waals surface area contributed by atoms with Crippen molar-refractivity contribution in [1.82, 2.24) is 10.6 Å². The second-order valence-electron chi connectivity index (χ2n) is 5.44. The molecule has 0 radical (unpaired) electrons. The molecule has 2 fully saturated rings. The minimum Gasteiger partial charge on any atom is -0.316 e. The molecular weight excluding hydrogens is 208 g/mol. The van der Waals surface area contributed by atoms with Crippen LogP contribution in [0.2, 0.25) is 0 Å². The van der Waals surface area contributed by atoms with Gasteiger partial charge >= 0.3 is 0 Å². The summed E-state index contributed by atoms with van der Waals surface area (Å²) in [5.74, 6) is 0.731. The number of nitrogens with one attached hydrogen (secondary N) is 2. The monoisotopic (exact) mass is 230 g/mol. The third kappa shape index (κ3) is 3.08. The van der Waals surface area contributed by atoms with Crippen LogP contribution in [0.1, 0.15) is 42.7 Å². The number of hydrogen-bond donors (Lipinski definition) is 2. The first-order valence-corrected chi connectivity index (χ1v) is 6.95. The first-order valence-electron chi connectivity index (χ1n) is 6.95. The third-order valence-corrected chi connectivity index (χ3v) is 3.92. The fraction of sp³-hybridized carbons (Fsp3) is 0.600. The van der Waals surface area contributed by atoms with Gasteiger partial charge in [0.25, 0.3) is 0 Å². The highest BCUT2D eigenvalue weighted by Gasteiger charge is 2.20. The highest BCUT2D eigenvalue weighted by Crippen LogP contribution is 2.24. The molecule has 1 aromatic rings. The van der Waals surface area contributed by atoms with Crippen LogP contribution < -0.4 is 10.6 Å². The zero-order valence-electron chi connectivity index (χ0n) is 10.4. The van der Waals surface area contributed by atoms with Gasteiger partial charge in [-0.15, -0.1) is 0 Å². The lowest BCUT2D eigenvalue weighted by atomic mass is 9.91. The Kier molecular flexibility index (Phi) is 3.44. The molecule has 92 valence electrons. The van der Waals surface area contributed by atoms with Crippen molar-refractivity contribution in [3.8, 4) is 0 Å². The van der Waals surface area contributed by atoms with E-state index in [2.05, 4.69) is 34.9 Å². The van der Waals surface area contributed by atoms with E-state index in [0.717, 1.165) is 25.0 Å². The number of piperidine rings is 1. The summed E-state index contributed by atoms with van der Waals surface area (Å²) in [4.78, 5) is 0. The molecule has 1 aliphatic heterocycles. The number of benzene rings is 1. The predicted octanol–water partition coefficient (Wildman–Crippen LogP) is 2.41. The van der Waals surface area contributed by atoms with Gasteiger partial charge in [0.05, 0.1) is 0 Å². The lowest BCUT2D eigenvalue weighted by Crippen LogP contribution is -2.28. The van der Waals surface area contributed by atoms with Crippen molar-refractivity contribution >= 4 is 0 Å². The minimum atomic E-state index is 0.731. The molecule has 1 heterocycles. The largest absolute Gasteiger partial charge is 0.316 e. The smallest absolute Gasteiger partial charge is 0.0208 e. The van der Waals surface area contributed by atoms with Crippen molar-refractivity contribution in [1.29, 1.82) is 0 Å². The summed E-state index contributed by atoms with van der Waals surface area (Å²) in [5.41, 5.74) is 2.93. The molecule has 0 amide bonds. The second kappa shape index (κ2) is 5.19. The summed E-state index contributed by atoms with van der Waals surface area (Å²) in [5, 5.41) is 7.04. The maximum absolute atomic E-state index is 3.56. The standard InChI is InChI=1S/C15H22N2/c1-2-14(11-16-9-1)13-5-3-12(4-6-13)10-17-15-7-8-15/h3-6,14-17H,1-2,7-11H2. The predicted molar refractivity (Wildman–Crippen MR) is 71.1 cm³/mol. The van der Waals surface area contributed by atoms with Gasteiger partial charge in [0.1, 0.15) is 0 Å². The van der Waals surface area contributed by atoms with Gasteiger partial charge in [0.15, 0.2) is 0 Å². The van der Waals surface area contributed by atoms with Crippen LogP contribution in [-0.4, -0.2) is 19.1 Å². The fourth-order valence-electron chi connectivity index (χ4n) is 2.59. The summed E-state index contributed by atoms with van der Waals surface area (Å²) in [6, 6.07) is 10.0. The Morgan fingerprint density at radius 3 is 2.59 bits per heavy atom. The number of rotatable bonds is 4. The SMILES string of the molecule is c1cc(C2CCCNC2)ccc1CNC1CC1. The molecule has 1 aliphatic carbocycles. The van der Waals surface area contributed by atoms with Crippen molar-refractivity contribution in [2.75, 3.05) is 13.1 Å².